The predicted molar refractivity (Wildman–Crippen MR) is 93.3 cm³/mol. The molecule has 1 unspecified atom stereocenters. The molecule has 1 atom stereocenters. The van der Waals surface area contributed by atoms with Crippen molar-refractivity contribution in [2.24, 2.45) is 0 Å². The highest BCUT2D eigenvalue weighted by Gasteiger charge is 2.40. The van der Waals surface area contributed by atoms with Crippen LogP contribution in [0.4, 0.5) is 11.4 Å². The first-order valence-electron chi connectivity index (χ1n) is 7.15. The van der Waals surface area contributed by atoms with E-state index in [0.29, 0.717) is 40.9 Å². The van der Waals surface area contributed by atoms with Crippen molar-refractivity contribution < 1.29 is 13.2 Å². The van der Waals surface area contributed by atoms with E-state index < -0.39 is 15.5 Å². The molecule has 2 aromatic carbocycles. The van der Waals surface area contributed by atoms with Gasteiger partial charge < -0.3 is 4.74 Å². The van der Waals surface area contributed by atoms with E-state index in [1.807, 2.05) is 6.07 Å². The molecule has 0 spiro atoms. The smallest absolute Gasteiger partial charge is 0.277 e. The van der Waals surface area contributed by atoms with Crippen molar-refractivity contribution in [3.63, 3.8) is 0 Å². The van der Waals surface area contributed by atoms with Gasteiger partial charge >= 0.3 is 0 Å². The molecule has 0 amide bonds. The van der Waals surface area contributed by atoms with Crippen molar-refractivity contribution in [3.8, 4) is 5.75 Å². The summed E-state index contributed by atoms with van der Waals surface area (Å²) < 4.78 is 33.0. The molecular formula is C16H15Cl2NO3S. The van der Waals surface area contributed by atoms with Crippen molar-refractivity contribution >= 4 is 44.6 Å². The molecule has 122 valence electrons. The van der Waals surface area contributed by atoms with E-state index in [0.717, 1.165) is 0 Å². The summed E-state index contributed by atoms with van der Waals surface area (Å²) in [7, 11) is -3.71. The Balaban J connectivity index is 2.14. The molecule has 0 fully saturated rings. The normalized spacial score (nSPS) is 19.0. The molecule has 1 aliphatic rings. The molecule has 1 heterocycles. The molecule has 3 rings (SSSR count). The zero-order valence-corrected chi connectivity index (χ0v) is 14.5. The van der Waals surface area contributed by atoms with Gasteiger partial charge in [0.25, 0.3) is 10.0 Å². The van der Waals surface area contributed by atoms with E-state index in [1.54, 1.807) is 42.5 Å². The summed E-state index contributed by atoms with van der Waals surface area (Å²) in [5.74, 6) is 0.832. The summed E-state index contributed by atoms with van der Waals surface area (Å²) in [5, 5.41) is 0.493. The molecule has 0 saturated heterocycles. The van der Waals surface area contributed by atoms with Crippen LogP contribution in [0.2, 0.25) is 5.02 Å². The minimum atomic E-state index is -3.71. The average molecular weight is 372 g/mol. The maximum Gasteiger partial charge on any atom is 0.277 e. The zero-order valence-electron chi connectivity index (χ0n) is 12.2. The number of rotatable bonds is 4. The van der Waals surface area contributed by atoms with Crippen LogP contribution in [0.5, 0.6) is 5.75 Å². The topological polar surface area (TPSA) is 46.6 Å². The van der Waals surface area contributed by atoms with Gasteiger partial charge in [0.15, 0.2) is 0 Å². The number of anilines is 2. The van der Waals surface area contributed by atoms with Gasteiger partial charge in [0.05, 0.1) is 11.4 Å². The Morgan fingerprint density at radius 2 is 1.87 bits per heavy atom. The fourth-order valence-corrected chi connectivity index (χ4v) is 4.59. The molecule has 0 N–H and O–H groups in total. The van der Waals surface area contributed by atoms with Crippen LogP contribution in [0, 0.1) is 0 Å². The Morgan fingerprint density at radius 1 is 1.13 bits per heavy atom. The van der Waals surface area contributed by atoms with Crippen molar-refractivity contribution in [2.75, 3.05) is 10.2 Å². The summed E-state index contributed by atoms with van der Waals surface area (Å²) in [6.07, 6.45) is 0.866. The number of sulfonamides is 1. The molecule has 4 nitrogen and oxygen atoms in total. The van der Waals surface area contributed by atoms with Crippen LogP contribution in [-0.2, 0) is 10.0 Å². The Hall–Kier alpha value is -1.43. The predicted octanol–water partition coefficient (Wildman–Crippen LogP) is 4.55. The molecule has 7 heteroatoms. The number of benzene rings is 2. The molecule has 23 heavy (non-hydrogen) atoms. The van der Waals surface area contributed by atoms with Crippen molar-refractivity contribution in [1.29, 1.82) is 0 Å². The molecule has 2 aromatic rings. The Morgan fingerprint density at radius 3 is 2.57 bits per heavy atom. The van der Waals surface area contributed by atoms with E-state index in [2.05, 4.69) is 0 Å². The van der Waals surface area contributed by atoms with E-state index in [-0.39, 0.29) is 0 Å². The third-order valence-electron chi connectivity index (χ3n) is 3.55. The highest BCUT2D eigenvalue weighted by Crippen LogP contribution is 2.44. The van der Waals surface area contributed by atoms with Crippen molar-refractivity contribution in [1.82, 2.24) is 0 Å². The summed E-state index contributed by atoms with van der Waals surface area (Å²) in [6, 6.07) is 13.9. The number of hydrogen-bond acceptors (Lipinski definition) is 3. The minimum absolute atomic E-state index is 0.321. The second-order valence-electron chi connectivity index (χ2n) is 5.14. The molecule has 1 aliphatic heterocycles. The molecule has 0 saturated carbocycles. The van der Waals surface area contributed by atoms with Gasteiger partial charge in [-0.1, -0.05) is 29.8 Å². The summed E-state index contributed by atoms with van der Waals surface area (Å²) in [5.41, 5.74) is 0.0467. The Bertz CT molecular complexity index is 796. The second-order valence-corrected chi connectivity index (χ2v) is 7.87. The Labute approximate surface area is 145 Å². The third kappa shape index (κ3) is 3.13. The monoisotopic (exact) mass is 371 g/mol. The lowest BCUT2D eigenvalue weighted by Gasteiger charge is -2.35. The number of nitrogens with zero attached hydrogens (tertiary/aromatic N) is 1. The van der Waals surface area contributed by atoms with E-state index in [4.69, 9.17) is 27.9 Å². The van der Waals surface area contributed by atoms with Gasteiger partial charge in [-0.25, -0.2) is 12.7 Å². The van der Waals surface area contributed by atoms with Gasteiger partial charge in [0.2, 0.25) is 5.44 Å². The van der Waals surface area contributed by atoms with Crippen LogP contribution in [0.15, 0.2) is 48.5 Å². The fraction of sp³-hybridized carbons (Fsp3) is 0.250. The maximum atomic E-state index is 13.0. The van der Waals surface area contributed by atoms with Gasteiger partial charge in [0.1, 0.15) is 5.75 Å². The van der Waals surface area contributed by atoms with E-state index in [9.17, 15) is 8.42 Å². The molecular weight excluding hydrogens is 357 g/mol. The second kappa shape index (κ2) is 6.59. The lowest BCUT2D eigenvalue weighted by molar-refractivity contribution is 0.257. The highest BCUT2D eigenvalue weighted by molar-refractivity contribution is 7.93. The number of halogens is 2. The first-order valence-corrected chi connectivity index (χ1v) is 9.57. The molecule has 0 radical (unpaired) electrons. The van der Waals surface area contributed by atoms with Crippen LogP contribution in [-0.4, -0.2) is 19.7 Å². The lowest BCUT2D eigenvalue weighted by atomic mass is 10.2. The minimum Gasteiger partial charge on any atom is -0.470 e. The third-order valence-corrected chi connectivity index (χ3v) is 5.97. The number of para-hydroxylation sites is 1. The van der Waals surface area contributed by atoms with Crippen LogP contribution in [0.25, 0.3) is 0 Å². The van der Waals surface area contributed by atoms with Crippen LogP contribution in [0.1, 0.15) is 12.8 Å². The fourth-order valence-electron chi connectivity index (χ4n) is 2.51. The van der Waals surface area contributed by atoms with Gasteiger partial charge in [-0.05, 0) is 30.7 Å². The number of alkyl halides is 1. The lowest BCUT2D eigenvalue weighted by Crippen LogP contribution is -2.43. The van der Waals surface area contributed by atoms with Crippen LogP contribution in [0.3, 0.4) is 0 Å². The molecule has 0 aliphatic carbocycles. The standard InChI is InChI=1S/C16H15Cl2NO3S/c17-10-4-7-16-22-15-11-12(18)8-9-14(15)19(23(16,20)21)13-5-2-1-3-6-13/h1-3,5-6,8-9,11,16H,4,7,10H2. The summed E-state index contributed by atoms with van der Waals surface area (Å²) in [6.45, 7) is 0. The van der Waals surface area contributed by atoms with Gasteiger partial charge in [-0.2, -0.15) is 0 Å². The number of hydrogen-bond donors (Lipinski definition) is 0. The summed E-state index contributed by atoms with van der Waals surface area (Å²) in [4.78, 5) is 0. The zero-order chi connectivity index (χ0) is 16.4. The average Bonchev–Trinajstić information content (AvgIpc) is 2.53. The Kier molecular flexibility index (Phi) is 4.71. The van der Waals surface area contributed by atoms with Crippen molar-refractivity contribution in [2.45, 2.75) is 18.3 Å². The van der Waals surface area contributed by atoms with Gasteiger partial charge in [-0.3, -0.25) is 0 Å². The van der Waals surface area contributed by atoms with Crippen LogP contribution < -0.4 is 9.04 Å². The molecule has 0 aromatic heterocycles. The van der Waals surface area contributed by atoms with Crippen LogP contribution >= 0.6 is 23.2 Å². The molecule has 0 bridgehead atoms. The largest absolute Gasteiger partial charge is 0.470 e. The maximum absolute atomic E-state index is 13.0. The highest BCUT2D eigenvalue weighted by atomic mass is 35.5. The van der Waals surface area contributed by atoms with E-state index in [1.165, 1.54) is 4.31 Å². The van der Waals surface area contributed by atoms with Crippen molar-refractivity contribution in [3.05, 3.63) is 53.6 Å². The number of fused-ring (bicyclic) bond motifs is 1. The number of ether oxygens (including phenoxy) is 1. The SMILES string of the molecule is O=S1(=O)C(CCCCl)Oc2cc(Cl)ccc2N1c1ccccc1. The quantitative estimate of drug-likeness (QED) is 0.740. The first-order chi connectivity index (χ1) is 11.0. The summed E-state index contributed by atoms with van der Waals surface area (Å²) >= 11 is 11.7. The van der Waals surface area contributed by atoms with E-state index >= 15 is 0 Å². The first kappa shape index (κ1) is 16.4. The van der Waals surface area contributed by atoms with Gasteiger partial charge in [-0.15, -0.1) is 11.6 Å². The van der Waals surface area contributed by atoms with Gasteiger partial charge in [0, 0.05) is 23.4 Å².